The van der Waals surface area contributed by atoms with Crippen LogP contribution in [0.25, 0.3) is 0 Å². The van der Waals surface area contributed by atoms with Crippen molar-refractivity contribution in [3.63, 3.8) is 0 Å². The molecule has 0 nitrogen and oxygen atoms in total. The predicted molar refractivity (Wildman–Crippen MR) is 89.1 cm³/mol. The highest BCUT2D eigenvalue weighted by Crippen LogP contribution is 2.18. The lowest BCUT2D eigenvalue weighted by atomic mass is 10.3. The van der Waals surface area contributed by atoms with Gasteiger partial charge in [0.15, 0.2) is 0 Å². The fraction of sp³-hybridized carbons (Fsp3) is 1.00. The summed E-state index contributed by atoms with van der Waals surface area (Å²) < 4.78 is 0. The molecular weight excluding hydrogens is 288 g/mol. The van der Waals surface area contributed by atoms with Crippen LogP contribution in [0.4, 0.5) is 0 Å². The summed E-state index contributed by atoms with van der Waals surface area (Å²) in [4.78, 5) is 0. The summed E-state index contributed by atoms with van der Waals surface area (Å²) in [5, 5.41) is 0. The van der Waals surface area contributed by atoms with Crippen LogP contribution in [0.5, 0.6) is 0 Å². The van der Waals surface area contributed by atoms with Crippen molar-refractivity contribution in [2.24, 2.45) is 0 Å². The number of hydrogen-bond donors (Lipinski definition) is 0. The van der Waals surface area contributed by atoms with E-state index in [1.807, 2.05) is 0 Å². The average Bonchev–Trinajstić information content (AvgIpc) is 2.29. The molecule has 105 valence electrons. The Hall–Kier alpha value is 0.697. The van der Waals surface area contributed by atoms with Crippen LogP contribution in [-0.2, 0) is 0 Å². The molecule has 0 rings (SSSR count). The molecule has 0 aromatic carbocycles. The van der Waals surface area contributed by atoms with Gasteiger partial charge in [0, 0.05) is 8.80 Å². The molecule has 17 heavy (non-hydrogen) atoms. The summed E-state index contributed by atoms with van der Waals surface area (Å²) >= 11 is 0. The molecule has 0 aliphatic rings. The van der Waals surface area contributed by atoms with E-state index in [2.05, 4.69) is 20.8 Å². The Labute approximate surface area is 122 Å². The third kappa shape index (κ3) is 14.6. The molecule has 0 saturated carbocycles. The molecule has 0 saturated heterocycles. The number of rotatable bonds is 12. The largest absolute Gasteiger partial charge is 0.114 e. The van der Waals surface area contributed by atoms with Crippen LogP contribution in [0.15, 0.2) is 0 Å². The second-order valence-electron chi connectivity index (χ2n) is 5.12. The predicted octanol–water partition coefficient (Wildman–Crippen LogP) is 6.63. The molecule has 0 N–H and O–H groups in total. The molecule has 0 bridgehead atoms. The second-order valence-corrected chi connectivity index (χ2v) is 8.12. The zero-order chi connectivity index (χ0) is 12.1. The first-order valence-electron chi connectivity index (χ1n) is 7.68. The lowest BCUT2D eigenvalue weighted by Gasteiger charge is -2.14. The topological polar surface area (TPSA) is 0 Å². The summed E-state index contributed by atoms with van der Waals surface area (Å²) in [5.74, 6) is 0. The summed E-state index contributed by atoms with van der Waals surface area (Å²) in [5.41, 5.74) is 0. The number of halogens is 1. The molecule has 0 aromatic heterocycles. The average molecular weight is 322 g/mol. The second kappa shape index (κ2) is 16.7. The van der Waals surface area contributed by atoms with E-state index < -0.39 is 0 Å². The first-order valence-corrected chi connectivity index (χ1v) is 9.80. The van der Waals surface area contributed by atoms with E-state index in [4.69, 9.17) is 0 Å². The Balaban J connectivity index is 0. The van der Waals surface area contributed by atoms with E-state index >= 15 is 0 Å². The normalized spacial score (nSPS) is 10.6. The van der Waals surface area contributed by atoms with Crippen molar-refractivity contribution in [3.8, 4) is 0 Å². The highest BCUT2D eigenvalue weighted by atomic mass is 79.9. The van der Waals surface area contributed by atoms with Crippen molar-refractivity contribution in [2.45, 2.75) is 96.7 Å². The Bertz CT molecular complexity index is 104. The summed E-state index contributed by atoms with van der Waals surface area (Å²) in [6, 6.07) is 4.81. The Morgan fingerprint density at radius 3 is 1.06 bits per heavy atom. The summed E-state index contributed by atoms with van der Waals surface area (Å²) in [6.45, 7) is 6.96. The minimum atomic E-state index is 0. The maximum absolute atomic E-state index is 2.32. The van der Waals surface area contributed by atoms with Gasteiger partial charge in [-0.15, -0.1) is 17.0 Å². The number of unbranched alkanes of at least 4 members (excludes halogenated alkanes) is 6. The standard InChI is InChI=1S/C15H33Si.BrH/c1-4-7-10-13-16(14-11-8-5-2)15-12-9-6-3;/h4-15H2,1-3H3;1H. The smallest absolute Gasteiger partial charge is 0.0479 e. The van der Waals surface area contributed by atoms with E-state index in [9.17, 15) is 0 Å². The summed E-state index contributed by atoms with van der Waals surface area (Å²) in [7, 11) is 0.0380. The molecule has 0 aromatic rings. The maximum atomic E-state index is 2.32. The van der Waals surface area contributed by atoms with Gasteiger partial charge in [0.2, 0.25) is 0 Å². The monoisotopic (exact) mass is 321 g/mol. The molecule has 0 spiro atoms. The van der Waals surface area contributed by atoms with E-state index in [0.29, 0.717) is 0 Å². The van der Waals surface area contributed by atoms with E-state index in [-0.39, 0.29) is 25.8 Å². The first kappa shape index (κ1) is 20.0. The van der Waals surface area contributed by atoms with Gasteiger partial charge in [0.25, 0.3) is 0 Å². The van der Waals surface area contributed by atoms with Crippen LogP contribution in [0.1, 0.15) is 78.6 Å². The van der Waals surface area contributed by atoms with Gasteiger partial charge in [-0.05, 0) is 0 Å². The molecule has 0 aliphatic heterocycles. The molecule has 0 aliphatic carbocycles. The third-order valence-corrected chi connectivity index (χ3v) is 6.58. The van der Waals surface area contributed by atoms with Gasteiger partial charge in [-0.1, -0.05) is 96.7 Å². The van der Waals surface area contributed by atoms with E-state index in [1.165, 1.54) is 57.8 Å². The van der Waals surface area contributed by atoms with Crippen molar-refractivity contribution in [3.05, 3.63) is 0 Å². The van der Waals surface area contributed by atoms with Crippen LogP contribution >= 0.6 is 17.0 Å². The van der Waals surface area contributed by atoms with Crippen LogP contribution in [0.3, 0.4) is 0 Å². The van der Waals surface area contributed by atoms with E-state index in [1.54, 1.807) is 18.1 Å². The first-order chi connectivity index (χ1) is 7.85. The fourth-order valence-corrected chi connectivity index (χ4v) is 5.25. The van der Waals surface area contributed by atoms with Gasteiger partial charge in [-0.2, -0.15) is 0 Å². The lowest BCUT2D eigenvalue weighted by molar-refractivity contribution is 0.726. The van der Waals surface area contributed by atoms with Crippen molar-refractivity contribution in [1.29, 1.82) is 0 Å². The van der Waals surface area contributed by atoms with Gasteiger partial charge in [0.1, 0.15) is 0 Å². The molecule has 1 radical (unpaired) electrons. The van der Waals surface area contributed by atoms with Crippen LogP contribution in [0.2, 0.25) is 18.1 Å². The van der Waals surface area contributed by atoms with Crippen LogP contribution in [0, 0.1) is 0 Å². The molecule has 0 amide bonds. The molecular formula is C15H34BrSi. The molecule has 0 fully saturated rings. The van der Waals surface area contributed by atoms with Gasteiger partial charge in [-0.25, -0.2) is 0 Å². The fourth-order valence-electron chi connectivity index (χ4n) is 2.25. The minimum absolute atomic E-state index is 0. The van der Waals surface area contributed by atoms with E-state index in [0.717, 1.165) is 0 Å². The van der Waals surface area contributed by atoms with Gasteiger partial charge >= 0.3 is 0 Å². The van der Waals surface area contributed by atoms with Crippen molar-refractivity contribution in [2.75, 3.05) is 0 Å². The van der Waals surface area contributed by atoms with Gasteiger partial charge < -0.3 is 0 Å². The Morgan fingerprint density at radius 1 is 0.529 bits per heavy atom. The Morgan fingerprint density at radius 2 is 0.824 bits per heavy atom. The quantitative estimate of drug-likeness (QED) is 0.279. The van der Waals surface area contributed by atoms with Crippen molar-refractivity contribution in [1.82, 2.24) is 0 Å². The molecule has 0 atom stereocenters. The zero-order valence-electron chi connectivity index (χ0n) is 12.4. The molecule has 0 unspecified atom stereocenters. The zero-order valence-corrected chi connectivity index (χ0v) is 15.1. The SMILES string of the molecule is Br.CCCCC[Si](CCCCC)CCCCC. The maximum Gasteiger partial charge on any atom is 0.0479 e. The molecule has 2 heteroatoms. The highest BCUT2D eigenvalue weighted by molar-refractivity contribution is 8.93. The lowest BCUT2D eigenvalue weighted by Crippen LogP contribution is -2.11. The summed E-state index contributed by atoms with van der Waals surface area (Å²) in [6.07, 6.45) is 13.1. The minimum Gasteiger partial charge on any atom is -0.114 e. The third-order valence-electron chi connectivity index (χ3n) is 3.40. The highest BCUT2D eigenvalue weighted by Gasteiger charge is 2.09. The van der Waals surface area contributed by atoms with Gasteiger partial charge in [0.05, 0.1) is 0 Å². The van der Waals surface area contributed by atoms with Crippen LogP contribution < -0.4 is 0 Å². The van der Waals surface area contributed by atoms with Crippen molar-refractivity contribution < 1.29 is 0 Å². The molecule has 0 heterocycles. The number of hydrogen-bond acceptors (Lipinski definition) is 0. The Kier molecular flexibility index (Phi) is 19.7. The van der Waals surface area contributed by atoms with Gasteiger partial charge in [-0.3, -0.25) is 0 Å². The van der Waals surface area contributed by atoms with Crippen molar-refractivity contribution >= 4 is 25.8 Å². The van der Waals surface area contributed by atoms with Crippen LogP contribution in [-0.4, -0.2) is 8.80 Å².